The van der Waals surface area contributed by atoms with E-state index in [2.05, 4.69) is 64.6 Å². The van der Waals surface area contributed by atoms with Crippen molar-refractivity contribution in [2.45, 2.75) is 12.8 Å². The Balaban J connectivity index is 1.86. The summed E-state index contributed by atoms with van der Waals surface area (Å²) in [5.41, 5.74) is 4.89. The van der Waals surface area contributed by atoms with Crippen LogP contribution >= 0.6 is 0 Å². The molecule has 4 aromatic rings. The maximum absolute atomic E-state index is 4.48. The number of aryl methyl sites for hydroxylation is 1. The average Bonchev–Trinajstić information content (AvgIpc) is 2.67. The topological polar surface area (TPSA) is 25.8 Å². The first-order valence-electron chi connectivity index (χ1n) is 8.32. The number of allylic oxidation sites excluding steroid dienone is 1. The van der Waals surface area contributed by atoms with Gasteiger partial charge in [0, 0.05) is 18.0 Å². The van der Waals surface area contributed by atoms with Crippen LogP contribution in [0, 0.1) is 0 Å². The molecule has 2 heteroatoms. The number of rotatable bonds is 1. The molecule has 0 amide bonds. The summed E-state index contributed by atoms with van der Waals surface area (Å²) in [7, 11) is 0. The molecule has 5 rings (SSSR count). The Bertz CT molecular complexity index is 1100. The zero-order valence-corrected chi connectivity index (χ0v) is 13.2. The van der Waals surface area contributed by atoms with Gasteiger partial charge in [0.15, 0.2) is 0 Å². The number of benzene rings is 3. The number of hydrogen-bond acceptors (Lipinski definition) is 2. The molecule has 0 saturated carbocycles. The number of fused-ring (bicyclic) bond motifs is 5. The van der Waals surface area contributed by atoms with Crippen LogP contribution < -0.4 is 0 Å². The van der Waals surface area contributed by atoms with E-state index >= 15 is 0 Å². The summed E-state index contributed by atoms with van der Waals surface area (Å²) < 4.78 is 0. The fourth-order valence-corrected chi connectivity index (χ4v) is 3.76. The molecule has 0 radical (unpaired) electrons. The summed E-state index contributed by atoms with van der Waals surface area (Å²) in [6.45, 7) is 0. The Morgan fingerprint density at radius 2 is 1.67 bits per heavy atom. The van der Waals surface area contributed by atoms with Crippen molar-refractivity contribution >= 4 is 27.6 Å². The normalized spacial score (nSPS) is 13.3. The van der Waals surface area contributed by atoms with Crippen LogP contribution in [0.5, 0.6) is 0 Å². The summed E-state index contributed by atoms with van der Waals surface area (Å²) in [5, 5.41) is 5.15. The Labute approximate surface area is 140 Å². The van der Waals surface area contributed by atoms with Crippen LogP contribution in [0.1, 0.15) is 17.5 Å². The molecule has 2 nitrogen and oxygen atoms in total. The highest BCUT2D eigenvalue weighted by atomic mass is 14.8. The van der Waals surface area contributed by atoms with Crippen LogP contribution in [0.3, 0.4) is 0 Å². The minimum Gasteiger partial charge on any atom is -0.261 e. The van der Waals surface area contributed by atoms with Crippen molar-refractivity contribution in [3.8, 4) is 11.3 Å². The number of nitrogens with zero attached hydrogens (tertiary/aromatic N) is 2. The maximum atomic E-state index is 4.48. The molecule has 1 aliphatic carbocycles. The molecule has 0 fully saturated rings. The molecule has 1 heterocycles. The van der Waals surface area contributed by atoms with Crippen LogP contribution in [-0.4, -0.2) is 9.97 Å². The van der Waals surface area contributed by atoms with Gasteiger partial charge in [0.1, 0.15) is 0 Å². The molecule has 0 N–H and O–H groups in total. The van der Waals surface area contributed by atoms with E-state index in [4.69, 9.17) is 0 Å². The minimum atomic E-state index is 0.917. The molecule has 0 spiro atoms. The van der Waals surface area contributed by atoms with E-state index in [1.807, 2.05) is 6.20 Å². The second-order valence-corrected chi connectivity index (χ2v) is 6.23. The highest BCUT2D eigenvalue weighted by molar-refractivity contribution is 6.13. The summed E-state index contributed by atoms with van der Waals surface area (Å²) >= 11 is 0. The standard InChI is InChI=1S/C22H16N2/c1-2-5-16-15(4-1)8-9-19-17-6-3-7-21(20(17)11-10-18(16)19)22-14-23-12-13-24-22/h2-3,5-14H,1,4H2. The molecule has 3 aromatic carbocycles. The van der Waals surface area contributed by atoms with Gasteiger partial charge >= 0.3 is 0 Å². The summed E-state index contributed by atoms with van der Waals surface area (Å²) in [4.78, 5) is 8.69. The molecule has 24 heavy (non-hydrogen) atoms. The fourth-order valence-electron chi connectivity index (χ4n) is 3.76. The van der Waals surface area contributed by atoms with Crippen molar-refractivity contribution < 1.29 is 0 Å². The van der Waals surface area contributed by atoms with Gasteiger partial charge in [-0.05, 0) is 45.5 Å². The molecular weight excluding hydrogens is 292 g/mol. The van der Waals surface area contributed by atoms with Gasteiger partial charge in [0.2, 0.25) is 0 Å². The largest absolute Gasteiger partial charge is 0.261 e. The second-order valence-electron chi connectivity index (χ2n) is 6.23. The first-order valence-corrected chi connectivity index (χ1v) is 8.32. The van der Waals surface area contributed by atoms with Gasteiger partial charge in [0.25, 0.3) is 0 Å². The van der Waals surface area contributed by atoms with Gasteiger partial charge in [-0.25, -0.2) is 0 Å². The lowest BCUT2D eigenvalue weighted by Crippen LogP contribution is -1.95. The van der Waals surface area contributed by atoms with E-state index in [1.54, 1.807) is 12.4 Å². The predicted octanol–water partition coefficient (Wildman–Crippen LogP) is 5.41. The van der Waals surface area contributed by atoms with Gasteiger partial charge in [0.05, 0.1) is 11.9 Å². The van der Waals surface area contributed by atoms with E-state index in [9.17, 15) is 0 Å². The van der Waals surface area contributed by atoms with Gasteiger partial charge < -0.3 is 0 Å². The maximum Gasteiger partial charge on any atom is 0.0891 e. The zero-order valence-electron chi connectivity index (χ0n) is 13.2. The van der Waals surface area contributed by atoms with Crippen molar-refractivity contribution in [3.63, 3.8) is 0 Å². The van der Waals surface area contributed by atoms with E-state index in [0.717, 1.165) is 24.1 Å². The third kappa shape index (κ3) is 1.96. The van der Waals surface area contributed by atoms with Crippen molar-refractivity contribution in [3.05, 3.63) is 78.3 Å². The highest BCUT2D eigenvalue weighted by Gasteiger charge is 2.12. The minimum absolute atomic E-state index is 0.917. The molecule has 0 atom stereocenters. The number of hydrogen-bond donors (Lipinski definition) is 0. The third-order valence-electron chi connectivity index (χ3n) is 4.89. The van der Waals surface area contributed by atoms with E-state index < -0.39 is 0 Å². The van der Waals surface area contributed by atoms with Gasteiger partial charge in [-0.1, -0.05) is 54.6 Å². The Kier molecular flexibility index (Phi) is 2.95. The molecule has 0 saturated heterocycles. The average molecular weight is 308 g/mol. The van der Waals surface area contributed by atoms with Gasteiger partial charge in [-0.3, -0.25) is 9.97 Å². The van der Waals surface area contributed by atoms with Crippen LogP contribution in [0.2, 0.25) is 0 Å². The van der Waals surface area contributed by atoms with E-state index in [1.165, 1.54) is 32.7 Å². The first-order chi connectivity index (χ1) is 11.9. The van der Waals surface area contributed by atoms with Crippen LogP contribution in [-0.2, 0) is 6.42 Å². The molecular formula is C22H16N2. The number of aromatic nitrogens is 2. The molecule has 1 aromatic heterocycles. The first kappa shape index (κ1) is 13.4. The van der Waals surface area contributed by atoms with Crippen LogP contribution in [0.15, 0.2) is 67.1 Å². The Hall–Kier alpha value is -3.00. The smallest absolute Gasteiger partial charge is 0.0891 e. The fraction of sp³-hybridized carbons (Fsp3) is 0.0909. The SMILES string of the molecule is C1=Cc2c(ccc3c2ccc2c(-c4cnccn4)cccc23)CC1. The quantitative estimate of drug-likeness (QED) is 0.439. The highest BCUT2D eigenvalue weighted by Crippen LogP contribution is 2.35. The Morgan fingerprint density at radius 3 is 2.58 bits per heavy atom. The van der Waals surface area contributed by atoms with Crippen molar-refractivity contribution in [2.75, 3.05) is 0 Å². The summed E-state index contributed by atoms with van der Waals surface area (Å²) in [5.74, 6) is 0. The van der Waals surface area contributed by atoms with Crippen molar-refractivity contribution in [1.29, 1.82) is 0 Å². The van der Waals surface area contributed by atoms with E-state index in [0.29, 0.717) is 0 Å². The monoisotopic (exact) mass is 308 g/mol. The second kappa shape index (κ2) is 5.27. The molecule has 1 aliphatic rings. The molecule has 0 bridgehead atoms. The molecule has 0 unspecified atom stereocenters. The van der Waals surface area contributed by atoms with Crippen LogP contribution in [0.25, 0.3) is 38.9 Å². The zero-order chi connectivity index (χ0) is 15.9. The van der Waals surface area contributed by atoms with Crippen molar-refractivity contribution in [1.82, 2.24) is 9.97 Å². The summed E-state index contributed by atoms with van der Waals surface area (Å²) in [6, 6.07) is 15.5. The lowest BCUT2D eigenvalue weighted by atomic mass is 9.89. The lowest BCUT2D eigenvalue weighted by Gasteiger charge is -2.15. The van der Waals surface area contributed by atoms with E-state index in [-0.39, 0.29) is 0 Å². The van der Waals surface area contributed by atoms with Gasteiger partial charge in [-0.15, -0.1) is 0 Å². The molecule has 0 aliphatic heterocycles. The third-order valence-corrected chi connectivity index (χ3v) is 4.89. The van der Waals surface area contributed by atoms with Crippen molar-refractivity contribution in [2.24, 2.45) is 0 Å². The molecule has 114 valence electrons. The van der Waals surface area contributed by atoms with Gasteiger partial charge in [-0.2, -0.15) is 0 Å². The summed E-state index contributed by atoms with van der Waals surface area (Å²) in [6.07, 6.45) is 12.1. The Morgan fingerprint density at radius 1 is 0.792 bits per heavy atom. The predicted molar refractivity (Wildman–Crippen MR) is 99.8 cm³/mol. The lowest BCUT2D eigenvalue weighted by molar-refractivity contribution is 0.990. The van der Waals surface area contributed by atoms with Crippen LogP contribution in [0.4, 0.5) is 0 Å².